The van der Waals surface area contributed by atoms with Crippen molar-refractivity contribution in [1.82, 2.24) is 37.2 Å². The molecule has 8 aliphatic heterocycles. The molecule has 13 rings (SSSR count). The number of benzene rings is 5. The number of carboxylic acid groups (broad SMARTS) is 1. The summed E-state index contributed by atoms with van der Waals surface area (Å²) in [5.74, 6) is -16.1. The number of hydrogen-bond donors (Lipinski definition) is 20. The zero-order valence-electron chi connectivity index (χ0n) is 60.7. The molecule has 5 aromatic carbocycles. The SMILES string of the molecule is CN[C@H](CC(C)C)C(=O)N[C@H]1C(=O)N[C@@H](CC(N)=O)C(=O)N[C@H]2C(=O)NC3C(=O)N[C@H](C(=O)N[C@@H](C(=O)O)c4cc(O)cc(O)c4-c4cc3ccc4O)[C@H](OC3CC(C)(N)C(O)C(C)O3)c3ccc(c(Cl)c3)Oc3cc2cc(c3OC2OC(CO)C(O)C(O)C2OC2CC(C)(N)C(O)C(C)O2)Oc2ccc(cc2Cl)[C@H]1O. The number of carbonyl (C=O) groups is 8. The molecule has 23 N–H and O–H groups in total. The van der Waals surface area contributed by atoms with Gasteiger partial charge in [-0.1, -0.05) is 55.2 Å². The van der Waals surface area contributed by atoms with E-state index in [-0.39, 0.29) is 52.6 Å². The number of carbonyl (C=O) groups excluding carboxylic acids is 7. The Morgan fingerprint density at radius 3 is 1.79 bits per heavy atom. The fourth-order valence-corrected chi connectivity index (χ4v) is 14.7. The molecule has 7 amide bonds. The highest BCUT2D eigenvalue weighted by Gasteiger charge is 2.52. The van der Waals surface area contributed by atoms with Crippen LogP contribution in [0.25, 0.3) is 11.1 Å². The van der Waals surface area contributed by atoms with E-state index >= 15 is 19.2 Å². The Morgan fingerprint density at radius 1 is 0.658 bits per heavy atom. The molecular weight excluding hydrogens is 1500 g/mol. The largest absolute Gasteiger partial charge is 0.508 e. The van der Waals surface area contributed by atoms with Gasteiger partial charge in [-0.2, -0.15) is 0 Å². The monoisotopic (exact) mass is 1590 g/mol. The Labute approximate surface area is 643 Å². The number of amides is 7. The molecule has 3 saturated heterocycles. The smallest absolute Gasteiger partial charge is 0.330 e. The van der Waals surface area contributed by atoms with Crippen LogP contribution in [-0.2, 0) is 62.0 Å². The maximum atomic E-state index is 16.4. The van der Waals surface area contributed by atoms with Gasteiger partial charge in [0.15, 0.2) is 36.2 Å². The molecule has 11 bridgehead atoms. The van der Waals surface area contributed by atoms with Gasteiger partial charge in [0.05, 0.1) is 53.5 Å². The van der Waals surface area contributed by atoms with E-state index in [9.17, 15) is 70.2 Å². The lowest BCUT2D eigenvalue weighted by atomic mass is 9.86. The van der Waals surface area contributed by atoms with E-state index < -0.39 is 261 Å². The van der Waals surface area contributed by atoms with E-state index in [4.69, 9.17) is 78.3 Å². The number of aliphatic hydroxyl groups excluding tert-OH is 6. The summed E-state index contributed by atoms with van der Waals surface area (Å²) in [4.78, 5) is 120. The predicted molar refractivity (Wildman–Crippen MR) is 386 cm³/mol. The van der Waals surface area contributed by atoms with Gasteiger partial charge >= 0.3 is 5.97 Å². The van der Waals surface area contributed by atoms with Crippen LogP contribution in [0.3, 0.4) is 0 Å². The average molecular weight is 1590 g/mol. The third-order valence-electron chi connectivity index (χ3n) is 20.1. The number of aliphatic hydroxyl groups is 6. The first-order chi connectivity index (χ1) is 52.3. The number of nitrogens with two attached hydrogens (primary N) is 3. The van der Waals surface area contributed by atoms with Crippen LogP contribution in [0.1, 0.15) is 125 Å². The second-order valence-corrected chi connectivity index (χ2v) is 30.1. The van der Waals surface area contributed by atoms with Crippen LogP contribution in [0.4, 0.5) is 0 Å². The summed E-state index contributed by atoms with van der Waals surface area (Å²) in [5, 5.41) is 131. The molecule has 0 aromatic heterocycles. The first kappa shape index (κ1) is 82.6. The number of primary amides is 1. The third kappa shape index (κ3) is 17.7. The van der Waals surface area contributed by atoms with Crippen molar-refractivity contribution < 1.29 is 127 Å². The number of fused-ring (bicyclic) bond motifs is 15. The summed E-state index contributed by atoms with van der Waals surface area (Å²) in [6, 6.07) is -0.452. The Hall–Kier alpha value is -9.32. The second kappa shape index (κ2) is 33.2. The van der Waals surface area contributed by atoms with E-state index in [1.165, 1.54) is 65.1 Å². The number of phenols is 3. The van der Waals surface area contributed by atoms with E-state index in [0.717, 1.165) is 48.5 Å². The van der Waals surface area contributed by atoms with Crippen LogP contribution in [-0.4, -0.2) is 215 Å². The van der Waals surface area contributed by atoms with Gasteiger partial charge in [0.25, 0.3) is 0 Å². The first-order valence-electron chi connectivity index (χ1n) is 35.3. The van der Waals surface area contributed by atoms with Crippen LogP contribution in [0.15, 0.2) is 78.9 Å². The number of aliphatic carboxylic acids is 1. The first-order valence-corrected chi connectivity index (χ1v) is 36.1. The topological polar surface area (TPSA) is 575 Å². The molecule has 36 nitrogen and oxygen atoms in total. The van der Waals surface area contributed by atoms with E-state index in [2.05, 4.69) is 37.2 Å². The average Bonchev–Trinajstić information content (AvgIpc) is 0.763. The standard InChI is InChI=1S/C73H88Cl2N10O26/c1-26(2)14-38(79-7)64(96)84-54-56(91)30-9-12-42(36(74)16-30)106-44-18-32-19-45(60(44)111-71-61(58(93)57(92)46(25-86)108-71)110-49-24-73(6,78)63(95)28(4)105-49)107-43-13-10-31(17-37(43)75)59(109-48-23-72(5,77)62(94)27(3)104-48)55-69(101)83-53(70(102)103)35-20-33(87)21-41(89)50(35)34-15-29(8-11-40(34)88)51(66(98)85-55)82-67(99)52(32)81-65(97)39(22-47(76)90)80-68(54)100/h8-13,15-21,26-28,38-39,46,48-49,51-59,61-63,71,79,86-89,91-95H,14,22-25,77-78H2,1-7H3,(H2,76,90)(H,80,100)(H,81,97)(H,82,99)(H,83,101)(H,84,96)(H,85,98)(H,102,103)/t27?,28?,38-,39+,46?,48?,49?,51?,52-,53-,54-,55+,56-,57?,58?,59-,61?,62?,63?,71?,72?,73?/m1/s1. The van der Waals surface area contributed by atoms with Gasteiger partial charge in [0.2, 0.25) is 53.4 Å². The summed E-state index contributed by atoms with van der Waals surface area (Å²) in [6.45, 7) is 8.58. The zero-order valence-corrected chi connectivity index (χ0v) is 62.2. The lowest BCUT2D eigenvalue weighted by Crippen LogP contribution is -2.64. The van der Waals surface area contributed by atoms with Crippen LogP contribution in [0.5, 0.6) is 46.0 Å². The Balaban J connectivity index is 1.19. The summed E-state index contributed by atoms with van der Waals surface area (Å²) in [5.41, 5.74) is 13.3. The van der Waals surface area contributed by atoms with Crippen molar-refractivity contribution in [1.29, 1.82) is 0 Å². The normalized spacial score (nSPS) is 32.1. The van der Waals surface area contributed by atoms with Crippen molar-refractivity contribution in [2.45, 2.75) is 201 Å². The number of likely N-dealkylation sites (N-methyl/N-ethyl adjacent to an activating group) is 1. The van der Waals surface area contributed by atoms with Crippen molar-refractivity contribution in [3.8, 4) is 57.1 Å². The van der Waals surface area contributed by atoms with Crippen LogP contribution in [0, 0.1) is 5.92 Å². The van der Waals surface area contributed by atoms with Gasteiger partial charge in [0.1, 0.15) is 89.5 Å². The number of rotatable bonds is 15. The van der Waals surface area contributed by atoms with Crippen molar-refractivity contribution in [3.05, 3.63) is 117 Å². The minimum atomic E-state index is -2.38. The third-order valence-corrected chi connectivity index (χ3v) is 20.7. The van der Waals surface area contributed by atoms with Crippen molar-refractivity contribution >= 4 is 70.5 Å². The number of aromatic hydroxyl groups is 3. The lowest BCUT2D eigenvalue weighted by molar-refractivity contribution is -0.333. The molecule has 8 aliphatic rings. The number of hydrogen-bond acceptors (Lipinski definition) is 28. The number of halogens is 2. The van der Waals surface area contributed by atoms with Crippen molar-refractivity contribution in [3.63, 3.8) is 0 Å². The minimum Gasteiger partial charge on any atom is -0.508 e. The predicted octanol–water partition coefficient (Wildman–Crippen LogP) is 0.344. The van der Waals surface area contributed by atoms with E-state index in [1.54, 1.807) is 0 Å². The summed E-state index contributed by atoms with van der Waals surface area (Å²) < 4.78 is 51.7. The van der Waals surface area contributed by atoms with Gasteiger partial charge < -0.3 is 143 Å². The molecule has 0 spiro atoms. The molecule has 38 heteroatoms. The Kier molecular flexibility index (Phi) is 24.7. The van der Waals surface area contributed by atoms with E-state index in [0.29, 0.717) is 0 Å². The highest BCUT2D eigenvalue weighted by atomic mass is 35.5. The number of phenolic OH excluding ortho intramolecular Hbond substituents is 3. The molecular formula is C73H88Cl2N10O26. The van der Waals surface area contributed by atoms with Crippen molar-refractivity contribution in [2.75, 3.05) is 13.7 Å². The fourth-order valence-electron chi connectivity index (χ4n) is 14.3. The second-order valence-electron chi connectivity index (χ2n) is 29.3. The van der Waals surface area contributed by atoms with Gasteiger partial charge in [-0.15, -0.1) is 0 Å². The summed E-state index contributed by atoms with van der Waals surface area (Å²) >= 11 is 14.5. The maximum absolute atomic E-state index is 16.4. The number of carboxylic acids is 1. The van der Waals surface area contributed by atoms with E-state index in [1.807, 2.05) is 13.8 Å². The van der Waals surface area contributed by atoms with Gasteiger partial charge in [-0.25, -0.2) is 4.79 Å². The number of nitrogens with one attached hydrogen (secondary N) is 7. The number of ether oxygens (including phenoxy) is 8. The van der Waals surface area contributed by atoms with Crippen LogP contribution >= 0.6 is 23.2 Å². The summed E-state index contributed by atoms with van der Waals surface area (Å²) in [7, 11) is 1.47. The molecule has 14 unspecified atom stereocenters. The molecule has 600 valence electrons. The minimum absolute atomic E-state index is 0.110. The lowest BCUT2D eigenvalue weighted by Gasteiger charge is -2.47. The van der Waals surface area contributed by atoms with Crippen LogP contribution in [0.2, 0.25) is 10.0 Å². The van der Waals surface area contributed by atoms with Crippen molar-refractivity contribution in [2.24, 2.45) is 23.1 Å². The highest BCUT2D eigenvalue weighted by Crippen LogP contribution is 2.50. The fraction of sp³-hybridized carbons (Fsp3) is 0.479. The molecule has 0 saturated carbocycles. The van der Waals surface area contributed by atoms with Crippen LogP contribution < -0.4 is 68.6 Å². The maximum Gasteiger partial charge on any atom is 0.330 e. The van der Waals surface area contributed by atoms with Gasteiger partial charge in [-0.3, -0.25) is 33.6 Å². The Morgan fingerprint density at radius 2 is 1.23 bits per heavy atom. The molecule has 111 heavy (non-hydrogen) atoms. The molecule has 8 heterocycles. The molecule has 5 aromatic rings. The molecule has 0 radical (unpaired) electrons. The highest BCUT2D eigenvalue weighted by molar-refractivity contribution is 6.32. The van der Waals surface area contributed by atoms with Gasteiger partial charge in [0, 0.05) is 46.7 Å². The summed E-state index contributed by atoms with van der Waals surface area (Å²) in [6.07, 6.45) is -22.8. The van der Waals surface area contributed by atoms with Gasteiger partial charge in [-0.05, 0) is 124 Å². The molecule has 0 aliphatic carbocycles. The molecule has 3 fully saturated rings. The Bertz CT molecular complexity index is 4420. The zero-order chi connectivity index (χ0) is 80.9. The quantitative estimate of drug-likeness (QED) is 0.0672. The molecule has 22 atom stereocenters.